The van der Waals surface area contributed by atoms with E-state index in [1.54, 1.807) is 11.1 Å². The standard InChI is InChI=1S/C9H13N3O2/c1-6-4-11-8(14-6)5-12-3-2-7(10)9(12)13/h4,7H,2-3,5,10H2,1H3. The number of hydrogen-bond donors (Lipinski definition) is 1. The number of aryl methyl sites for hydroxylation is 1. The Morgan fingerprint density at radius 3 is 3.07 bits per heavy atom. The fourth-order valence-electron chi connectivity index (χ4n) is 1.56. The highest BCUT2D eigenvalue weighted by molar-refractivity contribution is 5.83. The molecule has 0 aromatic carbocycles. The van der Waals surface area contributed by atoms with Crippen molar-refractivity contribution in [2.45, 2.75) is 25.9 Å². The predicted molar refractivity (Wildman–Crippen MR) is 49.2 cm³/mol. The van der Waals surface area contributed by atoms with Gasteiger partial charge in [-0.2, -0.15) is 0 Å². The average Bonchev–Trinajstić information content (AvgIpc) is 2.67. The van der Waals surface area contributed by atoms with Gasteiger partial charge in [-0.3, -0.25) is 4.79 Å². The van der Waals surface area contributed by atoms with E-state index in [-0.39, 0.29) is 11.9 Å². The number of oxazole rings is 1. The van der Waals surface area contributed by atoms with Crippen LogP contribution >= 0.6 is 0 Å². The van der Waals surface area contributed by atoms with Gasteiger partial charge in [0.25, 0.3) is 0 Å². The summed E-state index contributed by atoms with van der Waals surface area (Å²) in [7, 11) is 0. The first-order valence-corrected chi connectivity index (χ1v) is 4.62. The molecule has 2 N–H and O–H groups in total. The molecule has 0 aliphatic carbocycles. The third-order valence-corrected chi connectivity index (χ3v) is 2.33. The van der Waals surface area contributed by atoms with Crippen molar-refractivity contribution in [2.24, 2.45) is 5.73 Å². The molecule has 0 spiro atoms. The molecule has 1 aliphatic heterocycles. The SMILES string of the molecule is Cc1cnc(CN2CCC(N)C2=O)o1. The number of hydrogen-bond acceptors (Lipinski definition) is 4. The van der Waals surface area contributed by atoms with Crippen LogP contribution in [0.2, 0.25) is 0 Å². The van der Waals surface area contributed by atoms with Crippen molar-refractivity contribution in [3.63, 3.8) is 0 Å². The molecular formula is C9H13N3O2. The number of carbonyl (C=O) groups is 1. The minimum atomic E-state index is -0.342. The zero-order valence-corrected chi connectivity index (χ0v) is 8.06. The number of amides is 1. The van der Waals surface area contributed by atoms with E-state index in [0.29, 0.717) is 19.0 Å². The minimum absolute atomic E-state index is 0.0131. The lowest BCUT2D eigenvalue weighted by Crippen LogP contribution is -2.33. The highest BCUT2D eigenvalue weighted by Crippen LogP contribution is 2.13. The molecule has 1 aromatic heterocycles. The van der Waals surface area contributed by atoms with Gasteiger partial charge in [-0.1, -0.05) is 0 Å². The van der Waals surface area contributed by atoms with Crippen LogP contribution in [-0.4, -0.2) is 28.4 Å². The summed E-state index contributed by atoms with van der Waals surface area (Å²) < 4.78 is 5.28. The quantitative estimate of drug-likeness (QED) is 0.723. The molecule has 0 saturated carbocycles. The van der Waals surface area contributed by atoms with Gasteiger partial charge in [0, 0.05) is 6.54 Å². The summed E-state index contributed by atoms with van der Waals surface area (Å²) in [6, 6.07) is -0.342. The molecule has 2 heterocycles. The highest BCUT2D eigenvalue weighted by Gasteiger charge is 2.29. The van der Waals surface area contributed by atoms with E-state index in [2.05, 4.69) is 4.98 Å². The summed E-state index contributed by atoms with van der Waals surface area (Å²) in [4.78, 5) is 17.2. The second kappa shape index (κ2) is 3.42. The Hall–Kier alpha value is -1.36. The Morgan fingerprint density at radius 1 is 1.79 bits per heavy atom. The lowest BCUT2D eigenvalue weighted by atomic mass is 10.3. The molecule has 0 radical (unpaired) electrons. The van der Waals surface area contributed by atoms with Crippen LogP contribution in [0.5, 0.6) is 0 Å². The maximum absolute atomic E-state index is 11.4. The van der Waals surface area contributed by atoms with Crippen molar-refractivity contribution in [3.05, 3.63) is 17.8 Å². The van der Waals surface area contributed by atoms with Crippen molar-refractivity contribution in [3.8, 4) is 0 Å². The molecule has 1 aromatic rings. The molecule has 14 heavy (non-hydrogen) atoms. The third-order valence-electron chi connectivity index (χ3n) is 2.33. The van der Waals surface area contributed by atoms with Crippen LogP contribution in [0.1, 0.15) is 18.1 Å². The molecule has 76 valence electrons. The Kier molecular flexibility index (Phi) is 2.25. The van der Waals surface area contributed by atoms with E-state index in [9.17, 15) is 4.79 Å². The third kappa shape index (κ3) is 1.63. The topological polar surface area (TPSA) is 72.4 Å². The number of likely N-dealkylation sites (tertiary alicyclic amines) is 1. The van der Waals surface area contributed by atoms with E-state index < -0.39 is 0 Å². The van der Waals surface area contributed by atoms with Crippen LogP contribution in [0, 0.1) is 6.92 Å². The van der Waals surface area contributed by atoms with Gasteiger partial charge in [0.1, 0.15) is 5.76 Å². The molecule has 1 amide bonds. The Labute approximate surface area is 81.9 Å². The number of rotatable bonds is 2. The van der Waals surface area contributed by atoms with Gasteiger partial charge < -0.3 is 15.1 Å². The summed E-state index contributed by atoms with van der Waals surface area (Å²) in [5, 5.41) is 0. The largest absolute Gasteiger partial charge is 0.444 e. The molecule has 0 bridgehead atoms. The summed E-state index contributed by atoms with van der Waals surface area (Å²) >= 11 is 0. The zero-order valence-electron chi connectivity index (χ0n) is 8.06. The number of nitrogens with zero attached hydrogens (tertiary/aromatic N) is 2. The first kappa shape index (κ1) is 9.21. The Morgan fingerprint density at radius 2 is 2.57 bits per heavy atom. The zero-order chi connectivity index (χ0) is 10.1. The summed E-state index contributed by atoms with van der Waals surface area (Å²) in [6.45, 7) is 2.95. The van der Waals surface area contributed by atoms with Crippen molar-refractivity contribution in [2.75, 3.05) is 6.54 Å². The molecule has 1 saturated heterocycles. The smallest absolute Gasteiger partial charge is 0.240 e. The Bertz CT molecular complexity index is 348. The molecular weight excluding hydrogens is 182 g/mol. The molecule has 1 atom stereocenters. The van der Waals surface area contributed by atoms with Gasteiger partial charge >= 0.3 is 0 Å². The molecule has 1 unspecified atom stereocenters. The van der Waals surface area contributed by atoms with Crippen LogP contribution in [-0.2, 0) is 11.3 Å². The second-order valence-corrected chi connectivity index (χ2v) is 3.52. The number of carbonyl (C=O) groups excluding carboxylic acids is 1. The second-order valence-electron chi connectivity index (χ2n) is 3.52. The fraction of sp³-hybridized carbons (Fsp3) is 0.556. The molecule has 5 nitrogen and oxygen atoms in total. The number of nitrogens with two attached hydrogens (primary N) is 1. The van der Waals surface area contributed by atoms with Gasteiger partial charge in [-0.05, 0) is 13.3 Å². The van der Waals surface area contributed by atoms with Gasteiger partial charge in [0.2, 0.25) is 11.8 Å². The maximum Gasteiger partial charge on any atom is 0.240 e. The van der Waals surface area contributed by atoms with Crippen LogP contribution in [0.25, 0.3) is 0 Å². The summed E-state index contributed by atoms with van der Waals surface area (Å²) in [5.41, 5.74) is 5.59. The van der Waals surface area contributed by atoms with Crippen molar-refractivity contribution in [1.82, 2.24) is 9.88 Å². The number of aromatic nitrogens is 1. The average molecular weight is 195 g/mol. The molecule has 1 fully saturated rings. The van der Waals surface area contributed by atoms with Crippen molar-refractivity contribution < 1.29 is 9.21 Å². The minimum Gasteiger partial charge on any atom is -0.444 e. The first-order valence-electron chi connectivity index (χ1n) is 4.62. The van der Waals surface area contributed by atoms with Gasteiger partial charge in [0.15, 0.2) is 0 Å². The summed E-state index contributed by atoms with van der Waals surface area (Å²) in [6.07, 6.45) is 2.37. The molecule has 5 heteroatoms. The van der Waals surface area contributed by atoms with E-state index in [1.165, 1.54) is 0 Å². The lowest BCUT2D eigenvalue weighted by Gasteiger charge is -2.12. The maximum atomic E-state index is 11.4. The van der Waals surface area contributed by atoms with E-state index in [1.807, 2.05) is 6.92 Å². The van der Waals surface area contributed by atoms with Crippen LogP contribution in [0.4, 0.5) is 0 Å². The normalized spacial score (nSPS) is 22.0. The van der Waals surface area contributed by atoms with Gasteiger partial charge in [0.05, 0.1) is 18.8 Å². The molecule has 2 rings (SSSR count). The fourth-order valence-corrected chi connectivity index (χ4v) is 1.56. The van der Waals surface area contributed by atoms with Crippen molar-refractivity contribution >= 4 is 5.91 Å². The predicted octanol–water partition coefficient (Wildman–Crippen LogP) is 0.0426. The van der Waals surface area contributed by atoms with E-state index in [0.717, 1.165) is 12.2 Å². The molecule has 1 aliphatic rings. The Balaban J connectivity index is 2.02. The summed E-state index contributed by atoms with van der Waals surface area (Å²) in [5.74, 6) is 1.32. The van der Waals surface area contributed by atoms with Crippen LogP contribution < -0.4 is 5.73 Å². The van der Waals surface area contributed by atoms with Crippen LogP contribution in [0.15, 0.2) is 10.6 Å². The van der Waals surface area contributed by atoms with Crippen molar-refractivity contribution in [1.29, 1.82) is 0 Å². The van der Waals surface area contributed by atoms with Gasteiger partial charge in [-0.25, -0.2) is 4.98 Å². The monoisotopic (exact) mass is 195 g/mol. The highest BCUT2D eigenvalue weighted by atomic mass is 16.4. The van der Waals surface area contributed by atoms with Crippen LogP contribution in [0.3, 0.4) is 0 Å². The van der Waals surface area contributed by atoms with E-state index >= 15 is 0 Å². The van der Waals surface area contributed by atoms with E-state index in [4.69, 9.17) is 10.2 Å². The van der Waals surface area contributed by atoms with Gasteiger partial charge in [-0.15, -0.1) is 0 Å². The first-order chi connectivity index (χ1) is 6.66. The lowest BCUT2D eigenvalue weighted by molar-refractivity contribution is -0.129.